The molecule has 30 heavy (non-hydrogen) atoms. The van der Waals surface area contributed by atoms with E-state index in [2.05, 4.69) is 48.7 Å². The van der Waals surface area contributed by atoms with Crippen molar-refractivity contribution in [2.24, 2.45) is 0 Å². The third kappa shape index (κ3) is 5.57. The monoisotopic (exact) mass is 400 g/mol. The van der Waals surface area contributed by atoms with Gasteiger partial charge in [0.1, 0.15) is 0 Å². The molecule has 2 N–H and O–H groups in total. The Hall–Kier alpha value is -3.40. The van der Waals surface area contributed by atoms with E-state index in [1.54, 1.807) is 12.1 Å². The first kappa shape index (κ1) is 21.3. The molecular weight excluding hydrogens is 372 g/mol. The summed E-state index contributed by atoms with van der Waals surface area (Å²) in [5.74, 6) is 0.282. The fourth-order valence-electron chi connectivity index (χ4n) is 3.23. The van der Waals surface area contributed by atoms with Crippen LogP contribution in [-0.4, -0.2) is 11.8 Å². The van der Waals surface area contributed by atoms with Gasteiger partial charge < -0.3 is 10.6 Å². The Balaban J connectivity index is 1.60. The first-order valence-corrected chi connectivity index (χ1v) is 10.3. The molecule has 0 aromatic heterocycles. The van der Waals surface area contributed by atoms with Crippen LogP contribution in [0.25, 0.3) is 0 Å². The van der Waals surface area contributed by atoms with Gasteiger partial charge in [-0.25, -0.2) is 0 Å². The van der Waals surface area contributed by atoms with Gasteiger partial charge in [0.05, 0.1) is 0 Å². The summed E-state index contributed by atoms with van der Waals surface area (Å²) >= 11 is 0. The zero-order chi connectivity index (χ0) is 21.5. The van der Waals surface area contributed by atoms with Crippen LogP contribution in [0.1, 0.15) is 53.2 Å². The third-order valence-electron chi connectivity index (χ3n) is 5.18. The predicted octanol–water partition coefficient (Wildman–Crippen LogP) is 5.94. The molecule has 0 radical (unpaired) electrons. The maximum absolute atomic E-state index is 12.5. The number of carbonyl (C=O) groups is 2. The standard InChI is InChI=1S/C26H28N2O2/c1-18(2)21-15-12-20(13-16-21)14-17-25(29)27-23-10-7-11-24(19(23)3)28-26(30)22-8-5-4-6-9-22/h4-13,15-16,18H,14,17H2,1-3H3,(H,27,29)(H,28,30). The molecule has 0 saturated carbocycles. The second-order valence-corrected chi connectivity index (χ2v) is 7.74. The first-order chi connectivity index (χ1) is 14.4. The van der Waals surface area contributed by atoms with Crippen LogP contribution in [0, 0.1) is 6.92 Å². The van der Waals surface area contributed by atoms with Crippen molar-refractivity contribution in [3.8, 4) is 0 Å². The molecule has 154 valence electrons. The molecule has 3 aromatic rings. The van der Waals surface area contributed by atoms with Crippen LogP contribution in [-0.2, 0) is 11.2 Å². The van der Waals surface area contributed by atoms with E-state index in [1.807, 2.05) is 43.3 Å². The fourth-order valence-corrected chi connectivity index (χ4v) is 3.23. The zero-order valence-corrected chi connectivity index (χ0v) is 17.7. The molecule has 3 aromatic carbocycles. The van der Waals surface area contributed by atoms with E-state index in [-0.39, 0.29) is 11.8 Å². The highest BCUT2D eigenvalue weighted by atomic mass is 16.2. The Morgan fingerprint density at radius 1 is 0.800 bits per heavy atom. The summed E-state index contributed by atoms with van der Waals surface area (Å²) in [4.78, 5) is 24.9. The van der Waals surface area contributed by atoms with Crippen molar-refractivity contribution in [2.75, 3.05) is 10.6 Å². The molecule has 0 saturated heterocycles. The van der Waals surface area contributed by atoms with Gasteiger partial charge in [-0.15, -0.1) is 0 Å². The summed E-state index contributed by atoms with van der Waals surface area (Å²) in [6.45, 7) is 6.23. The van der Waals surface area contributed by atoms with Crippen LogP contribution in [0.2, 0.25) is 0 Å². The average molecular weight is 401 g/mol. The van der Waals surface area contributed by atoms with E-state index < -0.39 is 0 Å². The lowest BCUT2D eigenvalue weighted by Crippen LogP contribution is -2.16. The molecule has 0 aliphatic carbocycles. The number of benzene rings is 3. The molecule has 0 heterocycles. The summed E-state index contributed by atoms with van der Waals surface area (Å²) in [5, 5.41) is 5.90. The fraction of sp³-hybridized carbons (Fsp3) is 0.231. The highest BCUT2D eigenvalue weighted by molar-refractivity contribution is 6.05. The number of amides is 2. The zero-order valence-electron chi connectivity index (χ0n) is 17.7. The second kappa shape index (κ2) is 9.88. The summed E-state index contributed by atoms with van der Waals surface area (Å²) < 4.78 is 0. The molecule has 0 aliphatic rings. The van der Waals surface area contributed by atoms with E-state index in [1.165, 1.54) is 5.56 Å². The average Bonchev–Trinajstić information content (AvgIpc) is 2.76. The lowest BCUT2D eigenvalue weighted by molar-refractivity contribution is -0.116. The summed E-state index contributed by atoms with van der Waals surface area (Å²) in [6.07, 6.45) is 1.09. The van der Waals surface area contributed by atoms with Crippen LogP contribution in [0.3, 0.4) is 0 Å². The Morgan fingerprint density at radius 3 is 2.07 bits per heavy atom. The van der Waals surface area contributed by atoms with Gasteiger partial charge in [0.2, 0.25) is 5.91 Å². The molecule has 0 bridgehead atoms. The Labute approximate surface area is 178 Å². The molecule has 0 spiro atoms. The van der Waals surface area contributed by atoms with Gasteiger partial charge in [-0.2, -0.15) is 0 Å². The maximum Gasteiger partial charge on any atom is 0.255 e. The molecule has 2 amide bonds. The van der Waals surface area contributed by atoms with E-state index in [0.717, 1.165) is 11.1 Å². The highest BCUT2D eigenvalue weighted by Gasteiger charge is 2.11. The van der Waals surface area contributed by atoms with Crippen molar-refractivity contribution in [1.82, 2.24) is 0 Å². The summed E-state index contributed by atoms with van der Waals surface area (Å²) in [7, 11) is 0. The van der Waals surface area contributed by atoms with Gasteiger partial charge in [-0.3, -0.25) is 9.59 Å². The molecule has 4 nitrogen and oxygen atoms in total. The van der Waals surface area contributed by atoms with E-state index in [0.29, 0.717) is 35.7 Å². The number of anilines is 2. The van der Waals surface area contributed by atoms with E-state index >= 15 is 0 Å². The number of hydrogen-bond donors (Lipinski definition) is 2. The normalized spacial score (nSPS) is 10.7. The largest absolute Gasteiger partial charge is 0.326 e. The van der Waals surface area contributed by atoms with Gasteiger partial charge in [0, 0.05) is 23.4 Å². The number of nitrogens with one attached hydrogen (secondary N) is 2. The lowest BCUT2D eigenvalue weighted by atomic mass is 10.0. The Kier molecular flexibility index (Phi) is 7.02. The smallest absolute Gasteiger partial charge is 0.255 e. The van der Waals surface area contributed by atoms with Crippen molar-refractivity contribution >= 4 is 23.2 Å². The van der Waals surface area contributed by atoms with Gasteiger partial charge in [-0.05, 0) is 60.2 Å². The van der Waals surface area contributed by atoms with Crippen LogP contribution in [0.4, 0.5) is 11.4 Å². The third-order valence-corrected chi connectivity index (χ3v) is 5.18. The topological polar surface area (TPSA) is 58.2 Å². The highest BCUT2D eigenvalue weighted by Crippen LogP contribution is 2.24. The first-order valence-electron chi connectivity index (χ1n) is 10.3. The second-order valence-electron chi connectivity index (χ2n) is 7.74. The molecule has 0 atom stereocenters. The van der Waals surface area contributed by atoms with Crippen molar-refractivity contribution in [1.29, 1.82) is 0 Å². The number of hydrogen-bond acceptors (Lipinski definition) is 2. The number of carbonyl (C=O) groups excluding carboxylic acids is 2. The lowest BCUT2D eigenvalue weighted by Gasteiger charge is -2.14. The van der Waals surface area contributed by atoms with E-state index in [9.17, 15) is 9.59 Å². The predicted molar refractivity (Wildman–Crippen MR) is 123 cm³/mol. The van der Waals surface area contributed by atoms with Crippen LogP contribution < -0.4 is 10.6 Å². The van der Waals surface area contributed by atoms with Crippen LogP contribution in [0.5, 0.6) is 0 Å². The maximum atomic E-state index is 12.5. The quantitative estimate of drug-likeness (QED) is 0.515. The van der Waals surface area contributed by atoms with Crippen molar-refractivity contribution in [2.45, 2.75) is 39.5 Å². The Bertz CT molecular complexity index is 1010. The van der Waals surface area contributed by atoms with Gasteiger partial charge in [-0.1, -0.05) is 62.4 Å². The summed E-state index contributed by atoms with van der Waals surface area (Å²) in [5.41, 5.74) is 5.27. The van der Waals surface area contributed by atoms with Crippen LogP contribution in [0.15, 0.2) is 72.8 Å². The molecule has 4 heteroatoms. The molecular formula is C26H28N2O2. The van der Waals surface area contributed by atoms with Crippen molar-refractivity contribution in [3.63, 3.8) is 0 Å². The summed E-state index contributed by atoms with van der Waals surface area (Å²) in [6, 6.07) is 23.0. The molecule has 0 fully saturated rings. The minimum absolute atomic E-state index is 0.0439. The molecule has 0 unspecified atom stereocenters. The number of aryl methyl sites for hydroxylation is 1. The minimum Gasteiger partial charge on any atom is -0.326 e. The Morgan fingerprint density at radius 2 is 1.43 bits per heavy atom. The van der Waals surface area contributed by atoms with Gasteiger partial charge in [0.25, 0.3) is 5.91 Å². The van der Waals surface area contributed by atoms with Crippen molar-refractivity contribution < 1.29 is 9.59 Å². The van der Waals surface area contributed by atoms with Gasteiger partial charge in [0.15, 0.2) is 0 Å². The molecule has 3 rings (SSSR count). The van der Waals surface area contributed by atoms with Crippen LogP contribution >= 0.6 is 0 Å². The SMILES string of the molecule is Cc1c(NC(=O)CCc2ccc(C(C)C)cc2)cccc1NC(=O)c1ccccc1. The number of rotatable bonds is 7. The minimum atomic E-state index is -0.174. The van der Waals surface area contributed by atoms with E-state index in [4.69, 9.17) is 0 Å². The van der Waals surface area contributed by atoms with Crippen molar-refractivity contribution in [3.05, 3.63) is 95.1 Å². The molecule has 0 aliphatic heterocycles. The van der Waals surface area contributed by atoms with Gasteiger partial charge >= 0.3 is 0 Å².